The van der Waals surface area contributed by atoms with Crippen LogP contribution in [0, 0.1) is 0 Å². The number of allylic oxidation sites excluding steroid dienone is 8. The fourth-order valence-corrected chi connectivity index (χ4v) is 6.08. The molecule has 0 saturated heterocycles. The molecule has 1 atom stereocenters. The largest absolute Gasteiger partial charge is 0.462 e. The molecule has 0 aromatic carbocycles. The number of hydrogen-bond acceptors (Lipinski definition) is 6. The van der Waals surface area contributed by atoms with Crippen LogP contribution in [0.4, 0.5) is 0 Å². The van der Waals surface area contributed by atoms with Gasteiger partial charge in [-0.25, -0.2) is 0 Å². The van der Waals surface area contributed by atoms with Crippen LogP contribution >= 0.6 is 0 Å². The number of unbranched alkanes of at least 4 members (excludes halogenated alkanes) is 21. The van der Waals surface area contributed by atoms with Gasteiger partial charge in [0.2, 0.25) is 0 Å². The van der Waals surface area contributed by atoms with Gasteiger partial charge in [-0.2, -0.15) is 0 Å². The highest BCUT2D eigenvalue weighted by Crippen LogP contribution is 2.12. The Morgan fingerprint density at radius 3 is 1.20 bits per heavy atom. The topological polar surface area (TPSA) is 78.9 Å². The number of carbonyl (C=O) groups excluding carboxylic acids is 3. The molecule has 312 valence electrons. The molecule has 0 aliphatic rings. The highest BCUT2D eigenvalue weighted by Gasteiger charge is 2.19. The molecule has 6 nitrogen and oxygen atoms in total. The van der Waals surface area contributed by atoms with Crippen molar-refractivity contribution in [2.24, 2.45) is 0 Å². The molecular formula is C48H84O6. The summed E-state index contributed by atoms with van der Waals surface area (Å²) >= 11 is 0. The first-order valence-electron chi connectivity index (χ1n) is 22.6. The average molecular weight is 757 g/mol. The van der Waals surface area contributed by atoms with Crippen molar-refractivity contribution >= 4 is 17.9 Å². The van der Waals surface area contributed by atoms with E-state index in [0.717, 1.165) is 57.8 Å². The number of carbonyl (C=O) groups is 3. The Kier molecular flexibility index (Phi) is 41.0. The van der Waals surface area contributed by atoms with E-state index in [-0.39, 0.29) is 37.5 Å². The number of ether oxygens (including phenoxy) is 3. The second kappa shape index (κ2) is 43.1. The molecule has 0 heterocycles. The maximum atomic E-state index is 12.7. The quantitative estimate of drug-likeness (QED) is 0.0268. The lowest BCUT2D eigenvalue weighted by molar-refractivity contribution is -0.166. The van der Waals surface area contributed by atoms with Crippen molar-refractivity contribution in [3.63, 3.8) is 0 Å². The number of rotatable bonds is 40. The Balaban J connectivity index is 4.48. The zero-order chi connectivity index (χ0) is 39.4. The summed E-state index contributed by atoms with van der Waals surface area (Å²) in [6, 6.07) is 0. The first-order valence-corrected chi connectivity index (χ1v) is 22.6. The molecule has 0 spiro atoms. The van der Waals surface area contributed by atoms with Crippen LogP contribution in [0.1, 0.15) is 220 Å². The molecule has 0 aromatic heterocycles. The van der Waals surface area contributed by atoms with Crippen molar-refractivity contribution in [3.05, 3.63) is 48.6 Å². The van der Waals surface area contributed by atoms with E-state index in [2.05, 4.69) is 63.3 Å². The molecule has 0 fully saturated rings. The molecule has 54 heavy (non-hydrogen) atoms. The van der Waals surface area contributed by atoms with E-state index in [9.17, 15) is 14.4 Å². The summed E-state index contributed by atoms with van der Waals surface area (Å²) in [5, 5.41) is 0. The molecular weight excluding hydrogens is 673 g/mol. The van der Waals surface area contributed by atoms with Crippen molar-refractivity contribution < 1.29 is 28.6 Å². The molecule has 1 unspecified atom stereocenters. The maximum absolute atomic E-state index is 12.7. The van der Waals surface area contributed by atoms with E-state index in [1.165, 1.54) is 109 Å². The summed E-state index contributed by atoms with van der Waals surface area (Å²) in [4.78, 5) is 37.6. The Morgan fingerprint density at radius 2 is 0.722 bits per heavy atom. The van der Waals surface area contributed by atoms with Gasteiger partial charge in [-0.1, -0.05) is 166 Å². The summed E-state index contributed by atoms with van der Waals surface area (Å²) in [6.07, 6.45) is 49.7. The van der Waals surface area contributed by atoms with E-state index in [1.807, 2.05) is 6.08 Å². The summed E-state index contributed by atoms with van der Waals surface area (Å²) in [7, 11) is 0. The van der Waals surface area contributed by atoms with Gasteiger partial charge in [0.05, 0.1) is 0 Å². The maximum Gasteiger partial charge on any atom is 0.306 e. The number of hydrogen-bond donors (Lipinski definition) is 0. The van der Waals surface area contributed by atoms with Crippen molar-refractivity contribution in [2.75, 3.05) is 13.2 Å². The Labute approximate surface area is 333 Å². The van der Waals surface area contributed by atoms with Gasteiger partial charge in [-0.3, -0.25) is 14.4 Å². The minimum Gasteiger partial charge on any atom is -0.462 e. The van der Waals surface area contributed by atoms with E-state index in [4.69, 9.17) is 14.2 Å². The van der Waals surface area contributed by atoms with Gasteiger partial charge >= 0.3 is 17.9 Å². The van der Waals surface area contributed by atoms with Crippen LogP contribution in [0.15, 0.2) is 48.6 Å². The van der Waals surface area contributed by atoms with Crippen LogP contribution in [0.25, 0.3) is 0 Å². The van der Waals surface area contributed by atoms with Crippen LogP contribution in [0.3, 0.4) is 0 Å². The van der Waals surface area contributed by atoms with Crippen molar-refractivity contribution in [1.29, 1.82) is 0 Å². The minimum atomic E-state index is -0.816. The third kappa shape index (κ3) is 40.6. The van der Waals surface area contributed by atoms with Gasteiger partial charge in [0.25, 0.3) is 0 Å². The zero-order valence-corrected chi connectivity index (χ0v) is 35.5. The second-order valence-corrected chi connectivity index (χ2v) is 14.9. The van der Waals surface area contributed by atoms with Crippen molar-refractivity contribution in [3.8, 4) is 0 Å². The molecule has 0 N–H and O–H groups in total. The monoisotopic (exact) mass is 757 g/mol. The normalized spacial score (nSPS) is 12.4. The van der Waals surface area contributed by atoms with Gasteiger partial charge in [-0.15, -0.1) is 0 Å². The number of esters is 3. The molecule has 0 aliphatic heterocycles. The fraction of sp³-hybridized carbons (Fsp3) is 0.771. The van der Waals surface area contributed by atoms with Gasteiger partial charge < -0.3 is 14.2 Å². The first-order chi connectivity index (χ1) is 26.5. The molecule has 0 aliphatic carbocycles. The smallest absolute Gasteiger partial charge is 0.306 e. The van der Waals surface area contributed by atoms with Crippen LogP contribution < -0.4 is 0 Å². The Hall–Kier alpha value is -2.63. The van der Waals surface area contributed by atoms with Gasteiger partial charge in [0.15, 0.2) is 6.10 Å². The van der Waals surface area contributed by atoms with Crippen molar-refractivity contribution in [1.82, 2.24) is 0 Å². The Morgan fingerprint density at radius 1 is 0.370 bits per heavy atom. The molecule has 0 saturated carbocycles. The van der Waals surface area contributed by atoms with Gasteiger partial charge in [0.1, 0.15) is 13.2 Å². The van der Waals surface area contributed by atoms with Gasteiger partial charge in [-0.05, 0) is 83.5 Å². The molecule has 0 rings (SSSR count). The van der Waals surface area contributed by atoms with Crippen LogP contribution in [-0.2, 0) is 28.6 Å². The summed E-state index contributed by atoms with van der Waals surface area (Å²) in [6.45, 7) is 6.49. The van der Waals surface area contributed by atoms with Crippen molar-refractivity contribution in [2.45, 2.75) is 226 Å². The van der Waals surface area contributed by atoms with E-state index >= 15 is 0 Å². The van der Waals surface area contributed by atoms with E-state index in [1.54, 1.807) is 0 Å². The molecule has 6 heteroatoms. The molecule has 0 bridgehead atoms. The standard InChI is InChI=1S/C48H84O6/c1-4-7-10-13-16-19-21-23-25-26-29-32-35-38-41-47(50)53-44-45(43-52-46(49)40-37-34-31-28-18-15-12-9-6-3)54-48(51)42-39-36-33-30-27-24-22-20-17-14-11-8-5-2/h24-28,31,33,36,45H,4-23,29-30,32,34-35,37-44H2,1-3H3/b26-25-,27-24-,31-28-,36-33-. The highest BCUT2D eigenvalue weighted by atomic mass is 16.6. The summed E-state index contributed by atoms with van der Waals surface area (Å²) in [5.74, 6) is -1.03. The second-order valence-electron chi connectivity index (χ2n) is 14.9. The van der Waals surface area contributed by atoms with E-state index in [0.29, 0.717) is 25.7 Å². The molecule has 0 amide bonds. The predicted molar refractivity (Wildman–Crippen MR) is 229 cm³/mol. The van der Waals surface area contributed by atoms with Crippen LogP contribution in [0.5, 0.6) is 0 Å². The zero-order valence-electron chi connectivity index (χ0n) is 35.5. The third-order valence-corrected chi connectivity index (χ3v) is 9.54. The lowest BCUT2D eigenvalue weighted by Crippen LogP contribution is -2.30. The van der Waals surface area contributed by atoms with Gasteiger partial charge in [0, 0.05) is 19.3 Å². The fourth-order valence-electron chi connectivity index (χ4n) is 6.08. The summed E-state index contributed by atoms with van der Waals surface area (Å²) < 4.78 is 16.6. The lowest BCUT2D eigenvalue weighted by Gasteiger charge is -2.18. The summed E-state index contributed by atoms with van der Waals surface area (Å²) in [5.41, 5.74) is 0. The third-order valence-electron chi connectivity index (χ3n) is 9.54. The predicted octanol–water partition coefficient (Wildman–Crippen LogP) is 14.4. The average Bonchev–Trinajstić information content (AvgIpc) is 3.17. The lowest BCUT2D eigenvalue weighted by atomic mass is 10.1. The van der Waals surface area contributed by atoms with Crippen LogP contribution in [0.2, 0.25) is 0 Å². The Bertz CT molecular complexity index is 964. The van der Waals surface area contributed by atoms with Crippen LogP contribution in [-0.4, -0.2) is 37.2 Å². The SMILES string of the molecule is CCCCCC/C=C\CCCC(=O)OCC(COC(=O)CCCCC/C=C\CCCCCCCCC)OC(=O)CC/C=C\C/C=C\CCCCCCCC. The minimum absolute atomic E-state index is 0.112. The molecule has 0 radical (unpaired) electrons. The van der Waals surface area contributed by atoms with E-state index < -0.39 is 6.10 Å². The molecule has 0 aromatic rings. The first kappa shape index (κ1) is 51.4. The highest BCUT2D eigenvalue weighted by molar-refractivity contribution is 5.71.